The lowest BCUT2D eigenvalue weighted by Gasteiger charge is -2.15. The fraction of sp³-hybridized carbons (Fsp3) is 0. The third-order valence-corrected chi connectivity index (χ3v) is 12.0. The van der Waals surface area contributed by atoms with Crippen molar-refractivity contribution in [1.82, 2.24) is 19.1 Å². The minimum absolute atomic E-state index is 0.838. The summed E-state index contributed by atoms with van der Waals surface area (Å²) in [7, 11) is 0. The second-order valence-corrected chi connectivity index (χ2v) is 15.4. The first-order valence-corrected chi connectivity index (χ1v) is 20.4. The largest absolute Gasteiger partial charge is 0.307 e. The van der Waals surface area contributed by atoms with Gasteiger partial charge in [-0.05, 0) is 105 Å². The first kappa shape index (κ1) is 34.0. The lowest BCUT2D eigenvalue weighted by atomic mass is 10.0. The fourth-order valence-corrected chi connectivity index (χ4v) is 9.20. The van der Waals surface area contributed by atoms with E-state index in [1.54, 1.807) is 0 Å². The van der Waals surface area contributed by atoms with E-state index in [2.05, 4.69) is 215 Å². The summed E-state index contributed by atoms with van der Waals surface area (Å²) in [6, 6.07) is 74.3. The van der Waals surface area contributed by atoms with Crippen LogP contribution in [0.5, 0.6) is 0 Å². The SMILES string of the molecule is c1ccc(-c2ccc3c(c2)c2cc(-c4ccccc4)ccc2n3-c2ccc(-n3c4ccc(-c5ccccc5)cc4c4cc(-c5ccccc5)ccc43)c3nccnc23)cc1. The van der Waals surface area contributed by atoms with Gasteiger partial charge in [0.2, 0.25) is 0 Å². The number of rotatable bonds is 6. The molecule has 4 heteroatoms. The Hall–Kier alpha value is -8.08. The van der Waals surface area contributed by atoms with Crippen molar-refractivity contribution in [3.05, 3.63) is 219 Å². The molecule has 12 rings (SSSR count). The molecule has 0 spiro atoms. The molecule has 3 aromatic heterocycles. The molecule has 0 radical (unpaired) electrons. The summed E-state index contributed by atoms with van der Waals surface area (Å²) in [5, 5.41) is 4.76. The molecule has 12 aromatic rings. The van der Waals surface area contributed by atoms with E-state index in [1.807, 2.05) is 12.4 Å². The van der Waals surface area contributed by atoms with Gasteiger partial charge in [0.1, 0.15) is 11.0 Å². The Bertz CT molecular complexity index is 3140. The Labute approximate surface area is 346 Å². The second-order valence-electron chi connectivity index (χ2n) is 15.4. The van der Waals surface area contributed by atoms with E-state index in [9.17, 15) is 0 Å². The summed E-state index contributed by atoms with van der Waals surface area (Å²) >= 11 is 0. The third kappa shape index (κ3) is 5.46. The Morgan fingerprint density at radius 2 is 0.517 bits per heavy atom. The first-order chi connectivity index (χ1) is 29.8. The van der Waals surface area contributed by atoms with Crippen molar-refractivity contribution < 1.29 is 0 Å². The van der Waals surface area contributed by atoms with Crippen LogP contribution in [-0.4, -0.2) is 19.1 Å². The molecule has 4 nitrogen and oxygen atoms in total. The molecule has 3 heterocycles. The van der Waals surface area contributed by atoms with Crippen LogP contribution in [-0.2, 0) is 0 Å². The number of aromatic nitrogens is 4. The molecular weight excluding hydrogens is 729 g/mol. The zero-order valence-electron chi connectivity index (χ0n) is 32.6. The summed E-state index contributed by atoms with van der Waals surface area (Å²) < 4.78 is 4.75. The van der Waals surface area contributed by atoms with Crippen molar-refractivity contribution in [3.8, 4) is 55.9 Å². The second kappa shape index (κ2) is 13.8. The molecule has 0 N–H and O–H groups in total. The maximum atomic E-state index is 5.12. The maximum Gasteiger partial charge on any atom is 0.115 e. The Morgan fingerprint density at radius 1 is 0.250 bits per heavy atom. The molecule has 0 aliphatic carbocycles. The van der Waals surface area contributed by atoms with Crippen molar-refractivity contribution in [2.24, 2.45) is 0 Å². The van der Waals surface area contributed by atoms with Gasteiger partial charge >= 0.3 is 0 Å². The highest BCUT2D eigenvalue weighted by Gasteiger charge is 2.21. The van der Waals surface area contributed by atoms with Gasteiger partial charge in [-0.2, -0.15) is 0 Å². The number of benzene rings is 9. The molecule has 0 saturated heterocycles. The molecule has 0 atom stereocenters. The zero-order chi connectivity index (χ0) is 39.6. The quantitative estimate of drug-likeness (QED) is 0.169. The number of fused-ring (bicyclic) bond motifs is 7. The van der Waals surface area contributed by atoms with Crippen LogP contribution in [0.1, 0.15) is 0 Å². The van der Waals surface area contributed by atoms with Crippen LogP contribution < -0.4 is 0 Å². The van der Waals surface area contributed by atoms with Gasteiger partial charge in [-0.15, -0.1) is 0 Å². The van der Waals surface area contributed by atoms with Crippen LogP contribution in [0.4, 0.5) is 0 Å². The van der Waals surface area contributed by atoms with Crippen LogP contribution in [0.3, 0.4) is 0 Å². The molecule has 280 valence electrons. The van der Waals surface area contributed by atoms with Gasteiger partial charge < -0.3 is 9.13 Å². The minimum Gasteiger partial charge on any atom is -0.307 e. The predicted molar refractivity (Wildman–Crippen MR) is 250 cm³/mol. The van der Waals surface area contributed by atoms with Gasteiger partial charge in [0, 0.05) is 33.9 Å². The monoisotopic (exact) mass is 764 g/mol. The molecule has 0 aliphatic rings. The van der Waals surface area contributed by atoms with Crippen LogP contribution in [0.15, 0.2) is 219 Å². The van der Waals surface area contributed by atoms with Crippen molar-refractivity contribution in [2.45, 2.75) is 0 Å². The summed E-state index contributed by atoms with van der Waals surface area (Å²) in [5.74, 6) is 0. The maximum absolute atomic E-state index is 5.12. The van der Waals surface area contributed by atoms with E-state index in [0.29, 0.717) is 0 Å². The molecule has 0 bridgehead atoms. The van der Waals surface area contributed by atoms with Crippen LogP contribution in [0, 0.1) is 0 Å². The molecule has 9 aromatic carbocycles. The van der Waals surface area contributed by atoms with Crippen molar-refractivity contribution in [1.29, 1.82) is 0 Å². The van der Waals surface area contributed by atoms with E-state index in [0.717, 1.165) is 44.5 Å². The third-order valence-electron chi connectivity index (χ3n) is 12.0. The van der Waals surface area contributed by atoms with E-state index in [4.69, 9.17) is 9.97 Å². The van der Waals surface area contributed by atoms with Gasteiger partial charge in [0.05, 0.1) is 33.4 Å². The van der Waals surface area contributed by atoms with Crippen LogP contribution >= 0.6 is 0 Å². The standard InChI is InChI=1S/C56H36N4/c1-5-13-37(14-6-1)41-21-25-49-45(33-41)46-34-42(38-15-7-2-8-16-38)22-26-50(46)59(49)53-29-30-54(56-55(53)57-31-32-58-56)60-51-27-23-43(39-17-9-3-10-18-39)35-47(51)48-36-44(24-28-52(48)60)40-19-11-4-12-20-40/h1-36H. The zero-order valence-corrected chi connectivity index (χ0v) is 32.6. The molecule has 0 amide bonds. The van der Waals surface area contributed by atoms with Gasteiger partial charge in [-0.3, -0.25) is 9.97 Å². The van der Waals surface area contributed by atoms with Crippen molar-refractivity contribution in [2.75, 3.05) is 0 Å². The summed E-state index contributed by atoms with van der Waals surface area (Å²) in [6.07, 6.45) is 3.63. The van der Waals surface area contributed by atoms with Gasteiger partial charge in [-0.1, -0.05) is 146 Å². The highest BCUT2D eigenvalue weighted by Crippen LogP contribution is 2.42. The first-order valence-electron chi connectivity index (χ1n) is 20.4. The molecule has 0 aliphatic heterocycles. The summed E-state index contributed by atoms with van der Waals surface area (Å²) in [4.78, 5) is 10.2. The van der Waals surface area contributed by atoms with Gasteiger partial charge in [0.25, 0.3) is 0 Å². The van der Waals surface area contributed by atoms with Crippen molar-refractivity contribution in [3.63, 3.8) is 0 Å². The summed E-state index contributed by atoms with van der Waals surface area (Å²) in [6.45, 7) is 0. The normalized spacial score (nSPS) is 11.7. The fourth-order valence-electron chi connectivity index (χ4n) is 9.20. The Balaban J connectivity index is 1.10. The predicted octanol–water partition coefficient (Wildman–Crippen LogP) is 14.5. The average molecular weight is 765 g/mol. The van der Waals surface area contributed by atoms with E-state index < -0.39 is 0 Å². The highest BCUT2D eigenvalue weighted by molar-refractivity contribution is 6.14. The van der Waals surface area contributed by atoms with Crippen LogP contribution in [0.2, 0.25) is 0 Å². The Kier molecular flexibility index (Phi) is 7.82. The lowest BCUT2D eigenvalue weighted by molar-refractivity contribution is 1.14. The lowest BCUT2D eigenvalue weighted by Crippen LogP contribution is -2.02. The summed E-state index contributed by atoms with van der Waals surface area (Å²) in [5.41, 5.74) is 17.6. The molecule has 0 unspecified atom stereocenters. The van der Waals surface area contributed by atoms with Gasteiger partial charge in [-0.25, -0.2) is 0 Å². The number of hydrogen-bond donors (Lipinski definition) is 0. The van der Waals surface area contributed by atoms with Gasteiger partial charge in [0.15, 0.2) is 0 Å². The van der Waals surface area contributed by atoms with E-state index >= 15 is 0 Å². The highest BCUT2D eigenvalue weighted by atomic mass is 15.0. The number of nitrogens with zero attached hydrogens (tertiary/aromatic N) is 4. The van der Waals surface area contributed by atoms with Crippen molar-refractivity contribution >= 4 is 54.6 Å². The smallest absolute Gasteiger partial charge is 0.115 e. The molecular formula is C56H36N4. The molecule has 0 saturated carbocycles. The molecule has 0 fully saturated rings. The van der Waals surface area contributed by atoms with E-state index in [-0.39, 0.29) is 0 Å². The Morgan fingerprint density at radius 3 is 0.783 bits per heavy atom. The minimum atomic E-state index is 0.838. The number of hydrogen-bond acceptors (Lipinski definition) is 2. The van der Waals surface area contributed by atoms with Crippen LogP contribution in [0.25, 0.3) is 111 Å². The molecule has 60 heavy (non-hydrogen) atoms. The average Bonchev–Trinajstić information content (AvgIpc) is 3.83. The topological polar surface area (TPSA) is 35.6 Å². The van der Waals surface area contributed by atoms with E-state index in [1.165, 1.54) is 66.1 Å².